The van der Waals surface area contributed by atoms with Gasteiger partial charge in [0.05, 0.1) is 5.69 Å². The maximum absolute atomic E-state index is 4.88. The summed E-state index contributed by atoms with van der Waals surface area (Å²) in [5.41, 5.74) is 3.72. The molecule has 4 rings (SSSR count). The quantitative estimate of drug-likeness (QED) is 0.786. The van der Waals surface area contributed by atoms with Gasteiger partial charge < -0.3 is 5.32 Å². The standard InChI is InChI=1S/C20H23N3/c1-2-23-20(16-9-11-21-12-10-16)14-19(22-23)18-8-7-15-5-3-4-6-17(15)13-18/h3-8,13-14,16,21H,2,9-12H2,1H3. The first-order valence-electron chi connectivity index (χ1n) is 8.63. The first kappa shape index (κ1) is 14.5. The van der Waals surface area contributed by atoms with Crippen LogP contribution in [0.5, 0.6) is 0 Å². The van der Waals surface area contributed by atoms with Crippen LogP contribution in [-0.4, -0.2) is 22.9 Å². The molecule has 1 saturated heterocycles. The fraction of sp³-hybridized carbons (Fsp3) is 0.350. The molecule has 3 aromatic rings. The van der Waals surface area contributed by atoms with E-state index in [1.54, 1.807) is 0 Å². The number of hydrogen-bond acceptors (Lipinski definition) is 2. The fourth-order valence-corrected chi connectivity index (χ4v) is 3.62. The summed E-state index contributed by atoms with van der Waals surface area (Å²) in [6.07, 6.45) is 2.42. The maximum atomic E-state index is 4.88. The Bertz CT molecular complexity index is 813. The second-order valence-electron chi connectivity index (χ2n) is 6.36. The molecule has 2 aromatic carbocycles. The highest BCUT2D eigenvalue weighted by molar-refractivity contribution is 5.86. The van der Waals surface area contributed by atoms with Crippen molar-refractivity contribution in [2.45, 2.75) is 32.2 Å². The van der Waals surface area contributed by atoms with Crippen LogP contribution in [0.1, 0.15) is 31.4 Å². The summed E-state index contributed by atoms with van der Waals surface area (Å²) < 4.78 is 2.19. The lowest BCUT2D eigenvalue weighted by atomic mass is 9.94. The van der Waals surface area contributed by atoms with Crippen LogP contribution in [0.3, 0.4) is 0 Å². The van der Waals surface area contributed by atoms with Crippen molar-refractivity contribution in [3.05, 3.63) is 54.2 Å². The highest BCUT2D eigenvalue weighted by atomic mass is 15.3. The maximum Gasteiger partial charge on any atom is 0.0926 e. The first-order valence-corrected chi connectivity index (χ1v) is 8.63. The van der Waals surface area contributed by atoms with Crippen LogP contribution in [0.4, 0.5) is 0 Å². The van der Waals surface area contributed by atoms with E-state index in [4.69, 9.17) is 5.10 Å². The Kier molecular flexibility index (Phi) is 3.88. The predicted molar refractivity (Wildman–Crippen MR) is 95.7 cm³/mol. The van der Waals surface area contributed by atoms with Gasteiger partial charge in [-0.05, 0) is 55.8 Å². The van der Waals surface area contributed by atoms with Crippen LogP contribution in [0, 0.1) is 0 Å². The number of hydrogen-bond donors (Lipinski definition) is 1. The van der Waals surface area contributed by atoms with Crippen LogP contribution in [0.15, 0.2) is 48.5 Å². The van der Waals surface area contributed by atoms with Crippen molar-refractivity contribution in [1.29, 1.82) is 0 Å². The van der Waals surface area contributed by atoms with E-state index in [1.807, 2.05) is 0 Å². The molecule has 1 aliphatic heterocycles. The molecule has 1 aromatic heterocycles. The van der Waals surface area contributed by atoms with E-state index < -0.39 is 0 Å². The van der Waals surface area contributed by atoms with Crippen molar-refractivity contribution < 1.29 is 0 Å². The van der Waals surface area contributed by atoms with Crippen molar-refractivity contribution in [1.82, 2.24) is 15.1 Å². The summed E-state index contributed by atoms with van der Waals surface area (Å²) in [4.78, 5) is 0. The molecular formula is C20H23N3. The molecule has 3 heteroatoms. The van der Waals surface area contributed by atoms with Gasteiger partial charge in [0, 0.05) is 23.7 Å². The predicted octanol–water partition coefficient (Wildman–Crippen LogP) is 4.19. The summed E-state index contributed by atoms with van der Waals surface area (Å²) in [6.45, 7) is 5.35. The van der Waals surface area contributed by atoms with Gasteiger partial charge in [0.2, 0.25) is 0 Å². The number of benzene rings is 2. The number of nitrogens with one attached hydrogen (secondary N) is 1. The average molecular weight is 305 g/mol. The molecule has 0 amide bonds. The van der Waals surface area contributed by atoms with Crippen LogP contribution in [0.25, 0.3) is 22.0 Å². The van der Waals surface area contributed by atoms with Crippen molar-refractivity contribution in [2.24, 2.45) is 0 Å². The third-order valence-corrected chi connectivity index (χ3v) is 4.91. The zero-order valence-corrected chi connectivity index (χ0v) is 13.6. The molecule has 2 heterocycles. The van der Waals surface area contributed by atoms with Gasteiger partial charge in [-0.3, -0.25) is 4.68 Å². The Morgan fingerprint density at radius 2 is 1.83 bits per heavy atom. The van der Waals surface area contributed by atoms with E-state index in [1.165, 1.54) is 34.9 Å². The number of rotatable bonds is 3. The van der Waals surface area contributed by atoms with Crippen molar-refractivity contribution in [3.63, 3.8) is 0 Å². The third kappa shape index (κ3) is 2.77. The zero-order valence-electron chi connectivity index (χ0n) is 13.6. The molecule has 1 N–H and O–H groups in total. The van der Waals surface area contributed by atoms with Crippen LogP contribution in [-0.2, 0) is 6.54 Å². The monoisotopic (exact) mass is 305 g/mol. The second kappa shape index (κ2) is 6.17. The highest BCUT2D eigenvalue weighted by Gasteiger charge is 2.20. The first-order chi connectivity index (χ1) is 11.3. The Hall–Kier alpha value is -2.13. The number of aryl methyl sites for hydroxylation is 1. The molecule has 0 aliphatic carbocycles. The Balaban J connectivity index is 1.74. The summed E-state index contributed by atoms with van der Waals surface area (Å²) in [7, 11) is 0. The number of nitrogens with zero attached hydrogens (tertiary/aromatic N) is 2. The van der Waals surface area contributed by atoms with Crippen LogP contribution < -0.4 is 5.32 Å². The second-order valence-corrected chi connectivity index (χ2v) is 6.36. The SMILES string of the molecule is CCn1nc(-c2ccc3ccccc3c2)cc1C1CCNCC1. The topological polar surface area (TPSA) is 29.9 Å². The van der Waals surface area contributed by atoms with Crippen LogP contribution >= 0.6 is 0 Å². The van der Waals surface area contributed by atoms with Gasteiger partial charge in [-0.25, -0.2) is 0 Å². The van der Waals surface area contributed by atoms with Gasteiger partial charge in [-0.2, -0.15) is 5.10 Å². The molecule has 3 nitrogen and oxygen atoms in total. The highest BCUT2D eigenvalue weighted by Crippen LogP contribution is 2.30. The van der Waals surface area contributed by atoms with Gasteiger partial charge in [0.1, 0.15) is 0 Å². The van der Waals surface area contributed by atoms with Crippen LogP contribution in [0.2, 0.25) is 0 Å². The van der Waals surface area contributed by atoms with E-state index >= 15 is 0 Å². The van der Waals surface area contributed by atoms with Gasteiger partial charge in [-0.15, -0.1) is 0 Å². The Labute approximate surface area is 137 Å². The molecule has 118 valence electrons. The summed E-state index contributed by atoms with van der Waals surface area (Å²) >= 11 is 0. The van der Waals surface area contributed by atoms with Crippen molar-refractivity contribution in [2.75, 3.05) is 13.1 Å². The molecule has 0 atom stereocenters. The fourth-order valence-electron chi connectivity index (χ4n) is 3.62. The molecule has 0 saturated carbocycles. The molecule has 0 spiro atoms. The molecule has 0 bridgehead atoms. The van der Waals surface area contributed by atoms with Gasteiger partial charge >= 0.3 is 0 Å². The van der Waals surface area contributed by atoms with Gasteiger partial charge in [0.15, 0.2) is 0 Å². The Morgan fingerprint density at radius 3 is 2.61 bits per heavy atom. The average Bonchev–Trinajstić information content (AvgIpc) is 3.06. The lowest BCUT2D eigenvalue weighted by molar-refractivity contribution is 0.432. The van der Waals surface area contributed by atoms with Gasteiger partial charge in [0.25, 0.3) is 0 Å². The smallest absolute Gasteiger partial charge is 0.0926 e. The minimum Gasteiger partial charge on any atom is -0.317 e. The van der Waals surface area contributed by atoms with E-state index in [-0.39, 0.29) is 0 Å². The zero-order chi connectivity index (χ0) is 15.6. The number of fused-ring (bicyclic) bond motifs is 1. The van der Waals surface area contributed by atoms with Gasteiger partial charge in [-0.1, -0.05) is 36.4 Å². The molecule has 1 aliphatic rings. The van der Waals surface area contributed by atoms with E-state index in [0.717, 1.165) is 25.3 Å². The molecular weight excluding hydrogens is 282 g/mol. The van der Waals surface area contributed by atoms with E-state index in [2.05, 4.69) is 65.5 Å². The lowest BCUT2D eigenvalue weighted by Crippen LogP contribution is -2.27. The molecule has 0 unspecified atom stereocenters. The lowest BCUT2D eigenvalue weighted by Gasteiger charge is -2.23. The van der Waals surface area contributed by atoms with Crippen molar-refractivity contribution in [3.8, 4) is 11.3 Å². The van der Waals surface area contributed by atoms with E-state index in [9.17, 15) is 0 Å². The molecule has 23 heavy (non-hydrogen) atoms. The van der Waals surface area contributed by atoms with Crippen molar-refractivity contribution >= 4 is 10.8 Å². The normalized spacial score (nSPS) is 16.0. The largest absolute Gasteiger partial charge is 0.317 e. The minimum absolute atomic E-state index is 0.637. The Morgan fingerprint density at radius 1 is 1.04 bits per heavy atom. The third-order valence-electron chi connectivity index (χ3n) is 4.91. The summed E-state index contributed by atoms with van der Waals surface area (Å²) in [5.74, 6) is 0.637. The number of piperidine rings is 1. The summed E-state index contributed by atoms with van der Waals surface area (Å²) in [5, 5.41) is 10.9. The van der Waals surface area contributed by atoms with E-state index in [0.29, 0.717) is 5.92 Å². The minimum atomic E-state index is 0.637. The summed E-state index contributed by atoms with van der Waals surface area (Å²) in [6, 6.07) is 17.5. The number of aromatic nitrogens is 2. The molecule has 0 radical (unpaired) electrons. The molecule has 1 fully saturated rings.